The summed E-state index contributed by atoms with van der Waals surface area (Å²) < 4.78 is 13.1. The van der Waals surface area contributed by atoms with Gasteiger partial charge in [-0.25, -0.2) is 4.39 Å². The number of amides is 2. The van der Waals surface area contributed by atoms with E-state index in [-0.39, 0.29) is 30.5 Å². The number of piperidine rings is 1. The van der Waals surface area contributed by atoms with Crippen LogP contribution in [0.25, 0.3) is 0 Å². The maximum Gasteiger partial charge on any atom is 0.292 e. The van der Waals surface area contributed by atoms with E-state index in [1.807, 2.05) is 4.90 Å². The van der Waals surface area contributed by atoms with Gasteiger partial charge in [0.15, 0.2) is 0 Å². The first-order valence-electron chi connectivity index (χ1n) is 8.42. The van der Waals surface area contributed by atoms with Crippen molar-refractivity contribution < 1.29 is 18.8 Å². The van der Waals surface area contributed by atoms with Crippen LogP contribution in [0.5, 0.6) is 0 Å². The summed E-state index contributed by atoms with van der Waals surface area (Å²) in [5.41, 5.74) is 0.880. The molecule has 0 aliphatic carbocycles. The Labute approximate surface area is 146 Å². The van der Waals surface area contributed by atoms with E-state index in [1.54, 1.807) is 29.0 Å². The quantitative estimate of drug-likeness (QED) is 0.766. The Kier molecular flexibility index (Phi) is 4.85. The highest BCUT2D eigenvalue weighted by Gasteiger charge is 2.43. The van der Waals surface area contributed by atoms with Crippen LogP contribution in [0.15, 0.2) is 24.3 Å². The van der Waals surface area contributed by atoms with Gasteiger partial charge in [-0.05, 0) is 24.1 Å². The van der Waals surface area contributed by atoms with Gasteiger partial charge < -0.3 is 9.80 Å². The van der Waals surface area contributed by atoms with E-state index >= 15 is 0 Å². The summed E-state index contributed by atoms with van der Waals surface area (Å²) in [5.74, 6) is -1.18. The van der Waals surface area contributed by atoms with Crippen molar-refractivity contribution >= 4 is 17.6 Å². The zero-order valence-electron chi connectivity index (χ0n) is 14.4. The third kappa shape index (κ3) is 3.56. The van der Waals surface area contributed by atoms with E-state index < -0.39 is 11.7 Å². The molecule has 0 spiro atoms. The molecule has 2 amide bonds. The number of carbonyl (C=O) groups excluding carboxylic acids is 3. The summed E-state index contributed by atoms with van der Waals surface area (Å²) in [6.45, 7) is 2.49. The highest BCUT2D eigenvalue weighted by molar-refractivity contribution is 6.37. The van der Waals surface area contributed by atoms with E-state index in [1.165, 1.54) is 19.1 Å². The van der Waals surface area contributed by atoms with Gasteiger partial charge in [-0.3, -0.25) is 19.3 Å². The zero-order chi connectivity index (χ0) is 18.1. The van der Waals surface area contributed by atoms with Gasteiger partial charge in [0.2, 0.25) is 11.7 Å². The monoisotopic (exact) mass is 347 g/mol. The summed E-state index contributed by atoms with van der Waals surface area (Å²) >= 11 is 0. The molecular weight excluding hydrogens is 325 g/mol. The molecule has 1 aromatic rings. The van der Waals surface area contributed by atoms with Crippen molar-refractivity contribution in [3.8, 4) is 0 Å². The largest absolute Gasteiger partial charge is 0.343 e. The van der Waals surface area contributed by atoms with Crippen LogP contribution in [0.2, 0.25) is 0 Å². The predicted molar refractivity (Wildman–Crippen MR) is 88.8 cm³/mol. The van der Waals surface area contributed by atoms with Gasteiger partial charge in [-0.2, -0.15) is 0 Å². The van der Waals surface area contributed by atoms with Crippen LogP contribution in [0, 0.1) is 5.82 Å². The fraction of sp³-hybridized carbons (Fsp3) is 0.500. The van der Waals surface area contributed by atoms with E-state index in [0.717, 1.165) is 5.56 Å². The van der Waals surface area contributed by atoms with Crippen LogP contribution in [0.1, 0.15) is 25.3 Å². The summed E-state index contributed by atoms with van der Waals surface area (Å²) in [4.78, 5) is 41.2. The van der Waals surface area contributed by atoms with Crippen LogP contribution >= 0.6 is 0 Å². The molecule has 0 aromatic heterocycles. The van der Waals surface area contributed by atoms with Gasteiger partial charge >= 0.3 is 0 Å². The Hall–Kier alpha value is -2.28. The number of benzene rings is 1. The molecule has 2 aliphatic heterocycles. The third-order valence-electron chi connectivity index (χ3n) is 5.16. The van der Waals surface area contributed by atoms with Gasteiger partial charge in [0, 0.05) is 39.5 Å². The molecule has 0 radical (unpaired) electrons. The lowest BCUT2D eigenvalue weighted by atomic mass is 9.96. The molecule has 7 heteroatoms. The van der Waals surface area contributed by atoms with Crippen LogP contribution in [0.3, 0.4) is 0 Å². The Morgan fingerprint density at radius 1 is 1.28 bits per heavy atom. The molecule has 6 nitrogen and oxygen atoms in total. The number of rotatable bonds is 3. The molecule has 134 valence electrons. The molecule has 1 aromatic carbocycles. The summed E-state index contributed by atoms with van der Waals surface area (Å²) in [6, 6.07) is 6.18. The van der Waals surface area contributed by atoms with Gasteiger partial charge in [0.25, 0.3) is 5.91 Å². The van der Waals surface area contributed by atoms with Crippen molar-refractivity contribution in [2.24, 2.45) is 0 Å². The second-order valence-electron chi connectivity index (χ2n) is 6.74. The van der Waals surface area contributed by atoms with Crippen molar-refractivity contribution in [1.82, 2.24) is 14.7 Å². The van der Waals surface area contributed by atoms with Crippen molar-refractivity contribution in [2.45, 2.75) is 38.5 Å². The minimum absolute atomic E-state index is 0.0123. The van der Waals surface area contributed by atoms with E-state index in [4.69, 9.17) is 0 Å². The number of Topliss-reactive ketones (excluding diaryl/α,β-unsaturated/α-hetero) is 1. The number of ketones is 1. The van der Waals surface area contributed by atoms with Gasteiger partial charge in [-0.15, -0.1) is 0 Å². The van der Waals surface area contributed by atoms with Gasteiger partial charge in [-0.1, -0.05) is 12.1 Å². The fourth-order valence-electron chi connectivity index (χ4n) is 3.62. The minimum Gasteiger partial charge on any atom is -0.343 e. The van der Waals surface area contributed by atoms with E-state index in [2.05, 4.69) is 0 Å². The zero-order valence-corrected chi connectivity index (χ0v) is 14.4. The highest BCUT2D eigenvalue weighted by atomic mass is 19.1. The van der Waals surface area contributed by atoms with E-state index in [9.17, 15) is 18.8 Å². The molecule has 0 saturated carbocycles. The second-order valence-corrected chi connectivity index (χ2v) is 6.74. The highest BCUT2D eigenvalue weighted by Crippen LogP contribution is 2.28. The third-order valence-corrected chi connectivity index (χ3v) is 5.16. The Morgan fingerprint density at radius 3 is 2.60 bits per heavy atom. The molecule has 2 atom stereocenters. The average Bonchev–Trinajstić information content (AvgIpc) is 2.60. The molecule has 2 fully saturated rings. The Balaban J connectivity index is 1.80. The number of carbonyl (C=O) groups is 3. The summed E-state index contributed by atoms with van der Waals surface area (Å²) in [5, 5.41) is 0. The number of halogens is 1. The summed E-state index contributed by atoms with van der Waals surface area (Å²) in [7, 11) is 1.77. The Morgan fingerprint density at radius 2 is 1.96 bits per heavy atom. The maximum absolute atomic E-state index is 13.1. The van der Waals surface area contributed by atoms with Crippen LogP contribution in [0.4, 0.5) is 4.39 Å². The average molecular weight is 347 g/mol. The second kappa shape index (κ2) is 6.92. The van der Waals surface area contributed by atoms with Crippen LogP contribution in [-0.4, -0.2) is 64.6 Å². The first kappa shape index (κ1) is 17.5. The lowest BCUT2D eigenvalue weighted by Gasteiger charge is -2.49. The molecule has 3 rings (SSSR count). The lowest BCUT2D eigenvalue weighted by molar-refractivity contribution is -0.161. The maximum atomic E-state index is 13.1. The van der Waals surface area contributed by atoms with Crippen molar-refractivity contribution in [3.63, 3.8) is 0 Å². The first-order chi connectivity index (χ1) is 11.9. The van der Waals surface area contributed by atoms with Gasteiger partial charge in [0.1, 0.15) is 5.82 Å². The first-order valence-corrected chi connectivity index (χ1v) is 8.42. The number of hydrogen-bond donors (Lipinski definition) is 0. The SMILES string of the molecule is CC(=O)N(C)C1CCN2C(=O)C(=O)CN(Cc3ccc(F)cc3)C2C1. The van der Waals surface area contributed by atoms with Crippen molar-refractivity contribution in [1.29, 1.82) is 0 Å². The summed E-state index contributed by atoms with van der Waals surface area (Å²) in [6.07, 6.45) is 1.04. The number of fused-ring (bicyclic) bond motifs is 1. The van der Waals surface area contributed by atoms with Crippen LogP contribution < -0.4 is 0 Å². The standard InChI is InChI=1S/C18H22FN3O3/c1-12(23)20(2)15-7-8-22-17(9-15)21(11-16(24)18(22)25)10-13-3-5-14(19)6-4-13/h3-6,15,17H,7-11H2,1-2H3. The van der Waals surface area contributed by atoms with Crippen LogP contribution in [-0.2, 0) is 20.9 Å². The molecular formula is C18H22FN3O3. The predicted octanol–water partition coefficient (Wildman–Crippen LogP) is 1.01. The lowest BCUT2D eigenvalue weighted by Crippen LogP contribution is -2.64. The van der Waals surface area contributed by atoms with Gasteiger partial charge in [0.05, 0.1) is 12.7 Å². The topological polar surface area (TPSA) is 60.9 Å². The molecule has 2 saturated heterocycles. The number of nitrogens with zero attached hydrogens (tertiary/aromatic N) is 3. The molecule has 25 heavy (non-hydrogen) atoms. The minimum atomic E-state index is -0.440. The Bertz CT molecular complexity index is 691. The molecule has 2 heterocycles. The smallest absolute Gasteiger partial charge is 0.292 e. The van der Waals surface area contributed by atoms with E-state index in [0.29, 0.717) is 25.9 Å². The van der Waals surface area contributed by atoms with Crippen molar-refractivity contribution in [2.75, 3.05) is 20.1 Å². The normalized spacial score (nSPS) is 24.2. The fourth-order valence-corrected chi connectivity index (χ4v) is 3.62. The molecule has 0 bridgehead atoms. The molecule has 2 aliphatic rings. The number of hydrogen-bond acceptors (Lipinski definition) is 4. The molecule has 0 N–H and O–H groups in total. The van der Waals surface area contributed by atoms with Crippen molar-refractivity contribution in [3.05, 3.63) is 35.6 Å². The molecule has 2 unspecified atom stereocenters.